The Kier molecular flexibility index (Phi) is 11.4. The van der Waals surface area contributed by atoms with Gasteiger partial charge in [-0.3, -0.25) is 0 Å². The van der Waals surface area contributed by atoms with Gasteiger partial charge in [0.2, 0.25) is 0 Å². The molecular weight excluding hydrogens is 336 g/mol. The molecule has 0 amide bonds. The Hall–Kier alpha value is -1.99. The van der Waals surface area contributed by atoms with Gasteiger partial charge < -0.3 is 28.4 Å². The van der Waals surface area contributed by atoms with Crippen LogP contribution in [0.4, 0.5) is 0 Å². The van der Waals surface area contributed by atoms with E-state index in [0.29, 0.717) is 34.5 Å². The topological polar surface area (TPSA) is 55.4 Å². The van der Waals surface area contributed by atoms with Crippen molar-refractivity contribution in [1.82, 2.24) is 0 Å². The van der Waals surface area contributed by atoms with Gasteiger partial charge in [0.25, 0.3) is 0 Å². The van der Waals surface area contributed by atoms with Gasteiger partial charge in [-0.15, -0.1) is 24.3 Å². The van der Waals surface area contributed by atoms with Crippen molar-refractivity contribution in [2.24, 2.45) is 0 Å². The van der Waals surface area contributed by atoms with E-state index >= 15 is 0 Å². The normalized spacial score (nSPS) is 8.88. The van der Waals surface area contributed by atoms with Gasteiger partial charge in [0.05, 0.1) is 77.2 Å². The van der Waals surface area contributed by atoms with Crippen molar-refractivity contribution in [1.29, 1.82) is 0 Å². The van der Waals surface area contributed by atoms with Crippen molar-refractivity contribution >= 4 is 23.1 Å². The van der Waals surface area contributed by atoms with Gasteiger partial charge in [-0.2, -0.15) is 12.1 Å². The SMILES string of the molecule is COc1c[c-]cc(OC)c1OC.COc1c[c-]cc(OC)c1OC.[Mg+2]. The molecule has 0 unspecified atom stereocenters. The third-order valence-corrected chi connectivity index (χ3v) is 3.04. The molecule has 132 valence electrons. The van der Waals surface area contributed by atoms with Crippen LogP contribution in [0, 0.1) is 12.1 Å². The average Bonchev–Trinajstić information content (AvgIpc) is 2.66. The zero-order valence-corrected chi connectivity index (χ0v) is 16.9. The summed E-state index contributed by atoms with van der Waals surface area (Å²) in [4.78, 5) is 0. The van der Waals surface area contributed by atoms with Crippen LogP contribution in [0.5, 0.6) is 34.5 Å². The summed E-state index contributed by atoms with van der Waals surface area (Å²) >= 11 is 0. The Labute approximate surface area is 165 Å². The van der Waals surface area contributed by atoms with Crippen LogP contribution in [-0.2, 0) is 0 Å². The van der Waals surface area contributed by atoms with Crippen LogP contribution in [0.2, 0.25) is 0 Å². The van der Waals surface area contributed by atoms with Gasteiger partial charge in [-0.1, -0.05) is 0 Å². The molecule has 0 aliphatic heterocycles. The summed E-state index contributed by atoms with van der Waals surface area (Å²) in [6.07, 6.45) is 0. The van der Waals surface area contributed by atoms with Gasteiger partial charge in [-0.25, -0.2) is 0 Å². The zero-order valence-electron chi connectivity index (χ0n) is 15.5. The summed E-state index contributed by atoms with van der Waals surface area (Å²) in [5.74, 6) is 3.68. The third kappa shape index (κ3) is 6.10. The Morgan fingerprint density at radius 2 is 0.720 bits per heavy atom. The third-order valence-electron chi connectivity index (χ3n) is 3.04. The fraction of sp³-hybridized carbons (Fsp3) is 0.333. The van der Waals surface area contributed by atoms with E-state index in [1.807, 2.05) is 0 Å². The molecule has 0 fully saturated rings. The second kappa shape index (κ2) is 12.4. The molecule has 25 heavy (non-hydrogen) atoms. The smallest absolute Gasteiger partial charge is 0.550 e. The van der Waals surface area contributed by atoms with Crippen LogP contribution >= 0.6 is 0 Å². The molecule has 2 rings (SSSR count). The second-order valence-corrected chi connectivity index (χ2v) is 4.25. The van der Waals surface area contributed by atoms with Crippen LogP contribution in [-0.4, -0.2) is 65.7 Å². The summed E-state index contributed by atoms with van der Waals surface area (Å²) in [5, 5.41) is 0. The molecule has 0 atom stereocenters. The molecule has 0 saturated heterocycles. The van der Waals surface area contributed by atoms with Crippen molar-refractivity contribution in [3.05, 3.63) is 36.4 Å². The largest absolute Gasteiger partial charge is 2.00 e. The number of hydrogen-bond acceptors (Lipinski definition) is 6. The molecule has 0 bridgehead atoms. The fourth-order valence-electron chi connectivity index (χ4n) is 1.90. The van der Waals surface area contributed by atoms with Crippen LogP contribution < -0.4 is 28.4 Å². The van der Waals surface area contributed by atoms with Crippen molar-refractivity contribution in [2.75, 3.05) is 42.7 Å². The molecule has 7 heteroatoms. The molecule has 6 nitrogen and oxygen atoms in total. The molecule has 0 heterocycles. The molecule has 2 aromatic carbocycles. The van der Waals surface area contributed by atoms with E-state index in [-0.39, 0.29) is 23.1 Å². The number of ether oxygens (including phenoxy) is 6. The minimum atomic E-state index is 0. The van der Waals surface area contributed by atoms with Crippen LogP contribution in [0.3, 0.4) is 0 Å². The van der Waals surface area contributed by atoms with Gasteiger partial charge in [-0.05, 0) is 0 Å². The molecule has 0 aromatic heterocycles. The first kappa shape index (κ1) is 23.0. The fourth-order valence-corrected chi connectivity index (χ4v) is 1.90. The molecule has 2 aromatic rings. The zero-order chi connectivity index (χ0) is 17.9. The Morgan fingerprint density at radius 1 is 0.480 bits per heavy atom. The van der Waals surface area contributed by atoms with Crippen molar-refractivity contribution in [2.45, 2.75) is 0 Å². The van der Waals surface area contributed by atoms with Crippen LogP contribution in [0.25, 0.3) is 0 Å². The second-order valence-electron chi connectivity index (χ2n) is 4.25. The van der Waals surface area contributed by atoms with Crippen LogP contribution in [0.1, 0.15) is 0 Å². The molecule has 0 spiro atoms. The Morgan fingerprint density at radius 3 is 0.880 bits per heavy atom. The maximum atomic E-state index is 5.09. The van der Waals surface area contributed by atoms with E-state index in [0.717, 1.165) is 0 Å². The molecule has 0 N–H and O–H groups in total. The molecule has 0 aliphatic rings. The molecular formula is C18H22MgO6. The van der Waals surface area contributed by atoms with Gasteiger partial charge in [0.1, 0.15) is 0 Å². The number of rotatable bonds is 6. The predicted octanol–water partition coefficient (Wildman–Crippen LogP) is 2.64. The summed E-state index contributed by atoms with van der Waals surface area (Å²) in [6.45, 7) is 0. The average molecular weight is 359 g/mol. The van der Waals surface area contributed by atoms with E-state index in [1.165, 1.54) is 0 Å². The van der Waals surface area contributed by atoms with Gasteiger partial charge in [0, 0.05) is 0 Å². The summed E-state index contributed by atoms with van der Waals surface area (Å²) < 4.78 is 30.3. The van der Waals surface area contributed by atoms with Crippen molar-refractivity contribution in [3.63, 3.8) is 0 Å². The summed E-state index contributed by atoms with van der Waals surface area (Å²) in [6, 6.07) is 12.5. The predicted molar refractivity (Wildman–Crippen MR) is 95.6 cm³/mol. The summed E-state index contributed by atoms with van der Waals surface area (Å²) in [7, 11) is 9.44. The number of benzene rings is 2. The molecule has 0 saturated carbocycles. The van der Waals surface area contributed by atoms with Crippen LogP contribution in [0.15, 0.2) is 24.3 Å². The first-order valence-electron chi connectivity index (χ1n) is 6.98. The summed E-state index contributed by atoms with van der Waals surface area (Å²) in [5.41, 5.74) is 0. The first-order chi connectivity index (χ1) is 11.7. The molecule has 0 radical (unpaired) electrons. The quantitative estimate of drug-likeness (QED) is 0.584. The maximum Gasteiger partial charge on any atom is 2.00 e. The van der Waals surface area contributed by atoms with E-state index in [1.54, 1.807) is 66.9 Å². The van der Waals surface area contributed by atoms with Crippen molar-refractivity contribution in [3.8, 4) is 34.5 Å². The van der Waals surface area contributed by atoms with E-state index in [2.05, 4.69) is 12.1 Å². The minimum absolute atomic E-state index is 0. The number of methoxy groups -OCH3 is 6. The Bertz CT molecular complexity index is 533. The van der Waals surface area contributed by atoms with Gasteiger partial charge >= 0.3 is 23.1 Å². The van der Waals surface area contributed by atoms with E-state index in [4.69, 9.17) is 28.4 Å². The van der Waals surface area contributed by atoms with Crippen molar-refractivity contribution < 1.29 is 28.4 Å². The standard InChI is InChI=1S/2C9H11O3.Mg/c2*1-10-7-5-4-6-8(11-2)9(7)12-3;/h2*5-6H,1-3H3;/q2*-1;+2. The minimum Gasteiger partial charge on any atom is -0.550 e. The van der Waals surface area contributed by atoms with E-state index in [9.17, 15) is 0 Å². The maximum absolute atomic E-state index is 5.09. The first-order valence-corrected chi connectivity index (χ1v) is 6.98. The number of hydrogen-bond donors (Lipinski definition) is 0. The Balaban J connectivity index is 0.000000443. The monoisotopic (exact) mass is 358 g/mol. The van der Waals surface area contributed by atoms with Gasteiger partial charge in [0.15, 0.2) is 0 Å². The molecule has 0 aliphatic carbocycles. The van der Waals surface area contributed by atoms with E-state index < -0.39 is 0 Å².